The Kier molecular flexibility index (Phi) is 4.71. The fraction of sp³-hybridized carbons (Fsp3) is 0.429. The zero-order chi connectivity index (χ0) is 21.8. The number of carbonyl (C=O) groups excluding carboxylic acids is 2. The van der Waals surface area contributed by atoms with Crippen LogP contribution in [0.15, 0.2) is 18.2 Å². The molecule has 0 saturated heterocycles. The van der Waals surface area contributed by atoms with Gasteiger partial charge < -0.3 is 10.4 Å². The van der Waals surface area contributed by atoms with Crippen LogP contribution in [-0.2, 0) is 9.59 Å². The number of benzene rings is 1. The lowest BCUT2D eigenvalue weighted by Gasteiger charge is -2.17. The summed E-state index contributed by atoms with van der Waals surface area (Å²) in [6.45, 7) is 2.08. The number of hydrogen-bond donors (Lipinski definition) is 2. The lowest BCUT2D eigenvalue weighted by Crippen LogP contribution is -2.41. The molecule has 158 valence electrons. The molecule has 9 heteroatoms. The molecule has 2 aromatic rings. The number of amides is 1. The zero-order valence-electron chi connectivity index (χ0n) is 16.5. The van der Waals surface area contributed by atoms with E-state index in [9.17, 15) is 23.2 Å². The molecule has 1 amide bonds. The molecule has 2 aliphatic rings. The highest BCUT2D eigenvalue weighted by atomic mass is 19.1. The zero-order valence-corrected chi connectivity index (χ0v) is 16.5. The standard InChI is InChI=1S/C21H21F2N3O4/c1-21(2,20(29)30)15(27)9-24-19(28)17-16-10-3-4-11(7-10)18(16)26(25-17)14-6-5-12(22)8-13(14)23/h5-6,8,10-11H,3-4,7,9H2,1-2H3,(H,24,28)(H,29,30)/t10-,11+/m1/s1. The van der Waals surface area contributed by atoms with Gasteiger partial charge in [-0.15, -0.1) is 0 Å². The quantitative estimate of drug-likeness (QED) is 0.704. The Hall–Kier alpha value is -3.10. The molecule has 2 aliphatic carbocycles. The minimum atomic E-state index is -1.63. The van der Waals surface area contributed by atoms with Crippen molar-refractivity contribution in [1.82, 2.24) is 15.1 Å². The van der Waals surface area contributed by atoms with Gasteiger partial charge in [0.1, 0.15) is 16.9 Å². The lowest BCUT2D eigenvalue weighted by molar-refractivity contribution is -0.152. The highest BCUT2D eigenvalue weighted by Gasteiger charge is 2.44. The largest absolute Gasteiger partial charge is 0.481 e. The first kappa shape index (κ1) is 20.2. The van der Waals surface area contributed by atoms with Crippen molar-refractivity contribution in [2.24, 2.45) is 5.41 Å². The molecule has 1 aromatic heterocycles. The summed E-state index contributed by atoms with van der Waals surface area (Å²) in [5.74, 6) is -3.78. The molecule has 2 N–H and O–H groups in total. The van der Waals surface area contributed by atoms with Crippen molar-refractivity contribution in [3.05, 3.63) is 46.8 Å². The van der Waals surface area contributed by atoms with Crippen molar-refractivity contribution in [3.63, 3.8) is 0 Å². The minimum Gasteiger partial charge on any atom is -0.481 e. The van der Waals surface area contributed by atoms with Gasteiger partial charge in [-0.3, -0.25) is 14.4 Å². The van der Waals surface area contributed by atoms with Crippen molar-refractivity contribution < 1.29 is 28.3 Å². The Bertz CT molecular complexity index is 1080. The second-order valence-corrected chi connectivity index (χ2v) is 8.40. The van der Waals surface area contributed by atoms with E-state index in [1.807, 2.05) is 0 Å². The number of rotatable bonds is 6. The lowest BCUT2D eigenvalue weighted by atomic mass is 9.88. The van der Waals surface area contributed by atoms with Crippen LogP contribution in [0.5, 0.6) is 0 Å². The van der Waals surface area contributed by atoms with Crippen molar-refractivity contribution in [3.8, 4) is 5.69 Å². The first-order valence-electron chi connectivity index (χ1n) is 9.74. The summed E-state index contributed by atoms with van der Waals surface area (Å²) in [5, 5.41) is 15.9. The van der Waals surface area contributed by atoms with Crippen LogP contribution in [0.4, 0.5) is 8.78 Å². The van der Waals surface area contributed by atoms with Crippen LogP contribution in [0.3, 0.4) is 0 Å². The highest BCUT2D eigenvalue weighted by Crippen LogP contribution is 2.54. The number of Topliss-reactive ketones (excluding diaryl/α,β-unsaturated/α-hetero) is 1. The maximum atomic E-state index is 14.4. The van der Waals surface area contributed by atoms with Gasteiger partial charge in [0.15, 0.2) is 17.3 Å². The Morgan fingerprint density at radius 2 is 1.93 bits per heavy atom. The molecule has 2 bridgehead atoms. The van der Waals surface area contributed by atoms with E-state index >= 15 is 0 Å². The van der Waals surface area contributed by atoms with E-state index in [0.717, 1.165) is 42.7 Å². The monoisotopic (exact) mass is 417 g/mol. The third kappa shape index (κ3) is 3.09. The number of aliphatic carboxylic acids is 1. The Morgan fingerprint density at radius 3 is 2.60 bits per heavy atom. The number of ketones is 1. The van der Waals surface area contributed by atoms with Gasteiger partial charge in [-0.1, -0.05) is 0 Å². The van der Waals surface area contributed by atoms with E-state index in [2.05, 4.69) is 10.4 Å². The van der Waals surface area contributed by atoms with Gasteiger partial charge in [0, 0.05) is 17.5 Å². The minimum absolute atomic E-state index is 0.0577. The third-order valence-electron chi connectivity index (χ3n) is 6.18. The fourth-order valence-electron chi connectivity index (χ4n) is 4.32. The molecule has 4 rings (SSSR count). The molecular formula is C21H21F2N3O4. The van der Waals surface area contributed by atoms with Gasteiger partial charge in [-0.2, -0.15) is 5.10 Å². The molecule has 1 aromatic carbocycles. The molecule has 7 nitrogen and oxygen atoms in total. The van der Waals surface area contributed by atoms with E-state index in [0.29, 0.717) is 0 Å². The van der Waals surface area contributed by atoms with Gasteiger partial charge >= 0.3 is 5.97 Å². The van der Waals surface area contributed by atoms with Crippen LogP contribution in [-0.4, -0.2) is 39.1 Å². The molecule has 0 unspecified atom stereocenters. The average Bonchev–Trinajstić information content (AvgIpc) is 3.38. The van der Waals surface area contributed by atoms with Crippen molar-refractivity contribution in [2.75, 3.05) is 6.54 Å². The second-order valence-electron chi connectivity index (χ2n) is 8.40. The summed E-state index contributed by atoms with van der Waals surface area (Å²) in [6, 6.07) is 3.18. The summed E-state index contributed by atoms with van der Waals surface area (Å²) < 4.78 is 29.1. The summed E-state index contributed by atoms with van der Waals surface area (Å²) in [5.41, 5.74) is 0.00552. The normalized spacial score (nSPS) is 19.6. The van der Waals surface area contributed by atoms with E-state index in [1.165, 1.54) is 24.6 Å². The molecule has 2 atom stereocenters. The van der Waals surface area contributed by atoms with Gasteiger partial charge in [0.05, 0.1) is 12.2 Å². The Labute approximate surface area is 171 Å². The summed E-state index contributed by atoms with van der Waals surface area (Å²) in [6.07, 6.45) is 2.63. The van der Waals surface area contributed by atoms with Crippen LogP contribution in [0, 0.1) is 17.0 Å². The highest BCUT2D eigenvalue weighted by molar-refractivity contribution is 6.05. The van der Waals surface area contributed by atoms with Gasteiger partial charge in [-0.05, 0) is 51.2 Å². The average molecular weight is 417 g/mol. The summed E-state index contributed by atoms with van der Waals surface area (Å²) >= 11 is 0. The molecule has 30 heavy (non-hydrogen) atoms. The van der Waals surface area contributed by atoms with Crippen molar-refractivity contribution >= 4 is 17.7 Å². The number of fused-ring (bicyclic) bond motifs is 5. The fourth-order valence-corrected chi connectivity index (χ4v) is 4.32. The number of nitrogens with zero attached hydrogens (tertiary/aromatic N) is 2. The number of carbonyl (C=O) groups is 3. The first-order chi connectivity index (χ1) is 14.1. The SMILES string of the molecule is CC(C)(C(=O)O)C(=O)CNC(=O)c1nn(-c2ccc(F)cc2F)c2c1[C@@H]1CC[C@H]2C1. The maximum Gasteiger partial charge on any atom is 0.316 e. The molecule has 0 spiro atoms. The summed E-state index contributed by atoms with van der Waals surface area (Å²) in [7, 11) is 0. The van der Waals surface area contributed by atoms with Crippen LogP contribution >= 0.6 is 0 Å². The molecule has 1 heterocycles. The molecule has 0 radical (unpaired) electrons. The molecule has 1 saturated carbocycles. The van der Waals surface area contributed by atoms with Crippen molar-refractivity contribution in [1.29, 1.82) is 0 Å². The van der Waals surface area contributed by atoms with E-state index in [-0.39, 0.29) is 23.2 Å². The topological polar surface area (TPSA) is 101 Å². The molecule has 1 fully saturated rings. The smallest absolute Gasteiger partial charge is 0.316 e. The second kappa shape index (κ2) is 7.00. The van der Waals surface area contributed by atoms with Crippen LogP contribution in [0.2, 0.25) is 0 Å². The third-order valence-corrected chi connectivity index (χ3v) is 6.18. The number of aromatic nitrogens is 2. The number of carboxylic acids is 1. The number of carboxylic acid groups (broad SMARTS) is 1. The van der Waals surface area contributed by atoms with Gasteiger partial charge in [0.25, 0.3) is 5.91 Å². The predicted octanol–water partition coefficient (Wildman–Crippen LogP) is 2.92. The number of nitrogens with one attached hydrogen (secondary N) is 1. The maximum absolute atomic E-state index is 14.4. The van der Waals surface area contributed by atoms with E-state index in [1.54, 1.807) is 0 Å². The Balaban J connectivity index is 1.67. The van der Waals surface area contributed by atoms with Crippen molar-refractivity contribution in [2.45, 2.75) is 44.9 Å². The first-order valence-corrected chi connectivity index (χ1v) is 9.74. The van der Waals surface area contributed by atoms with E-state index in [4.69, 9.17) is 5.11 Å². The van der Waals surface area contributed by atoms with Gasteiger partial charge in [0.2, 0.25) is 0 Å². The van der Waals surface area contributed by atoms with Gasteiger partial charge in [-0.25, -0.2) is 13.5 Å². The Morgan fingerprint density at radius 1 is 1.23 bits per heavy atom. The molecule has 0 aliphatic heterocycles. The number of hydrogen-bond acceptors (Lipinski definition) is 4. The molecular weight excluding hydrogens is 396 g/mol. The summed E-state index contributed by atoms with van der Waals surface area (Å²) in [4.78, 5) is 36.2. The van der Waals surface area contributed by atoms with Crippen LogP contribution < -0.4 is 5.32 Å². The van der Waals surface area contributed by atoms with Crippen LogP contribution in [0.1, 0.15) is 66.7 Å². The van der Waals surface area contributed by atoms with Crippen LogP contribution in [0.25, 0.3) is 5.69 Å². The number of halogens is 2. The predicted molar refractivity (Wildman–Crippen MR) is 102 cm³/mol. The van der Waals surface area contributed by atoms with E-state index < -0.39 is 41.3 Å².